The third-order valence-corrected chi connectivity index (χ3v) is 7.47. The van der Waals surface area contributed by atoms with E-state index in [0.717, 1.165) is 29.8 Å². The number of aromatic nitrogens is 2. The highest BCUT2D eigenvalue weighted by Gasteiger charge is 2.32. The Hall–Kier alpha value is -4.34. The minimum Gasteiger partial charge on any atom is -0.466 e. The second kappa shape index (κ2) is 12.2. The number of esters is 1. The van der Waals surface area contributed by atoms with Crippen LogP contribution in [0.5, 0.6) is 0 Å². The molecule has 1 atom stereocenters. The van der Waals surface area contributed by atoms with Gasteiger partial charge in [0.2, 0.25) is 0 Å². The van der Waals surface area contributed by atoms with Crippen molar-refractivity contribution in [2.75, 3.05) is 61.0 Å². The van der Waals surface area contributed by atoms with Gasteiger partial charge in [-0.1, -0.05) is 30.3 Å². The molecule has 1 aromatic heterocycles. The molecule has 10 heteroatoms. The third kappa shape index (κ3) is 5.95. The van der Waals surface area contributed by atoms with Gasteiger partial charge in [-0.25, -0.2) is 4.79 Å². The summed E-state index contributed by atoms with van der Waals surface area (Å²) in [4.78, 5) is 45.4. The van der Waals surface area contributed by atoms with Gasteiger partial charge in [-0.3, -0.25) is 9.59 Å². The minimum absolute atomic E-state index is 0.142. The monoisotopic (exact) mass is 544 g/mol. The standard InChI is InChI=1S/C30H36N6O4/c1-3-40-29(38)23-10-8-14-35(21-23)27-26(20-31-36(28(27)37)25-12-5-4-6-13-25)33-15-17-34(18-16-33)30(39)32-24-11-7-9-22(2)19-24/h4-7,9,11-13,19-20,23H,3,8,10,14-18,21H2,1-2H3,(H,32,39). The van der Waals surface area contributed by atoms with Crippen LogP contribution in [-0.4, -0.2) is 72.6 Å². The summed E-state index contributed by atoms with van der Waals surface area (Å²) >= 11 is 0. The fourth-order valence-corrected chi connectivity index (χ4v) is 5.43. The van der Waals surface area contributed by atoms with Gasteiger partial charge in [-0.05, 0) is 56.5 Å². The van der Waals surface area contributed by atoms with Crippen molar-refractivity contribution in [1.82, 2.24) is 14.7 Å². The van der Waals surface area contributed by atoms with Crippen molar-refractivity contribution in [2.24, 2.45) is 5.92 Å². The maximum Gasteiger partial charge on any atom is 0.321 e. The molecular formula is C30H36N6O4. The molecule has 2 amide bonds. The number of hydrogen-bond donors (Lipinski definition) is 1. The number of rotatable bonds is 6. The fourth-order valence-electron chi connectivity index (χ4n) is 5.43. The average molecular weight is 545 g/mol. The van der Waals surface area contributed by atoms with Crippen LogP contribution in [0, 0.1) is 12.8 Å². The molecule has 1 unspecified atom stereocenters. The van der Waals surface area contributed by atoms with Crippen LogP contribution < -0.4 is 20.7 Å². The van der Waals surface area contributed by atoms with Crippen LogP contribution in [0.25, 0.3) is 5.69 Å². The van der Waals surface area contributed by atoms with Crippen molar-refractivity contribution in [1.29, 1.82) is 0 Å². The molecule has 3 heterocycles. The lowest BCUT2D eigenvalue weighted by Gasteiger charge is -2.39. The topological polar surface area (TPSA) is 100 Å². The number of piperidine rings is 1. The second-order valence-corrected chi connectivity index (χ2v) is 10.2. The molecular weight excluding hydrogens is 508 g/mol. The van der Waals surface area contributed by atoms with Gasteiger partial charge < -0.3 is 24.8 Å². The number of nitrogens with one attached hydrogen (secondary N) is 1. The van der Waals surface area contributed by atoms with E-state index in [1.165, 1.54) is 4.68 Å². The average Bonchev–Trinajstić information content (AvgIpc) is 2.98. The first-order chi connectivity index (χ1) is 19.4. The minimum atomic E-state index is -0.290. The number of piperazine rings is 1. The lowest BCUT2D eigenvalue weighted by atomic mass is 9.97. The van der Waals surface area contributed by atoms with E-state index >= 15 is 0 Å². The highest BCUT2D eigenvalue weighted by molar-refractivity contribution is 5.89. The van der Waals surface area contributed by atoms with Crippen LogP contribution in [0.3, 0.4) is 0 Å². The molecule has 2 aliphatic heterocycles. The summed E-state index contributed by atoms with van der Waals surface area (Å²) in [5, 5.41) is 7.51. The molecule has 2 fully saturated rings. The highest BCUT2D eigenvalue weighted by Crippen LogP contribution is 2.31. The molecule has 2 aromatic carbocycles. The van der Waals surface area contributed by atoms with E-state index in [0.29, 0.717) is 57.3 Å². The summed E-state index contributed by atoms with van der Waals surface area (Å²) in [5.74, 6) is -0.513. The van der Waals surface area contributed by atoms with E-state index in [1.54, 1.807) is 18.0 Å². The SMILES string of the molecule is CCOC(=O)C1CCCN(c2c(N3CCN(C(=O)Nc4cccc(C)c4)CC3)cnn(-c3ccccc3)c2=O)C1. The summed E-state index contributed by atoms with van der Waals surface area (Å²) in [7, 11) is 0. The molecule has 0 aliphatic carbocycles. The Morgan fingerprint density at radius 1 is 1.00 bits per heavy atom. The first-order valence-electron chi connectivity index (χ1n) is 13.9. The number of aryl methyl sites for hydroxylation is 1. The number of nitrogens with zero attached hydrogens (tertiary/aromatic N) is 5. The number of hydrogen-bond acceptors (Lipinski definition) is 7. The smallest absolute Gasteiger partial charge is 0.321 e. The molecule has 0 saturated carbocycles. The quantitative estimate of drug-likeness (QED) is 0.473. The van der Waals surface area contributed by atoms with Crippen LogP contribution in [-0.2, 0) is 9.53 Å². The number of amides is 2. The largest absolute Gasteiger partial charge is 0.466 e. The van der Waals surface area contributed by atoms with Gasteiger partial charge in [0.05, 0.1) is 30.1 Å². The molecule has 5 rings (SSSR count). The van der Waals surface area contributed by atoms with E-state index in [9.17, 15) is 14.4 Å². The van der Waals surface area contributed by atoms with Gasteiger partial charge in [0.25, 0.3) is 5.56 Å². The van der Waals surface area contributed by atoms with Crippen molar-refractivity contribution < 1.29 is 14.3 Å². The molecule has 210 valence electrons. The van der Waals surface area contributed by atoms with Crippen molar-refractivity contribution in [3.8, 4) is 5.69 Å². The Bertz CT molecular complexity index is 1400. The van der Waals surface area contributed by atoms with Crippen molar-refractivity contribution in [3.05, 3.63) is 76.7 Å². The van der Waals surface area contributed by atoms with Gasteiger partial charge >= 0.3 is 12.0 Å². The van der Waals surface area contributed by atoms with Gasteiger partial charge in [0.1, 0.15) is 5.69 Å². The van der Waals surface area contributed by atoms with Crippen LogP contribution >= 0.6 is 0 Å². The lowest BCUT2D eigenvalue weighted by molar-refractivity contribution is -0.148. The van der Waals surface area contributed by atoms with Gasteiger partial charge in [-0.15, -0.1) is 0 Å². The van der Waals surface area contributed by atoms with Gasteiger partial charge in [-0.2, -0.15) is 9.78 Å². The first kappa shape index (κ1) is 27.2. The summed E-state index contributed by atoms with van der Waals surface area (Å²) in [5.41, 5.74) is 3.55. The van der Waals surface area contributed by atoms with E-state index < -0.39 is 0 Å². The van der Waals surface area contributed by atoms with Gasteiger partial charge in [0.15, 0.2) is 0 Å². The van der Waals surface area contributed by atoms with Crippen LogP contribution in [0.1, 0.15) is 25.3 Å². The molecule has 0 radical (unpaired) electrons. The van der Waals surface area contributed by atoms with Crippen LogP contribution in [0.15, 0.2) is 65.6 Å². The van der Waals surface area contributed by atoms with Crippen molar-refractivity contribution in [3.63, 3.8) is 0 Å². The third-order valence-electron chi connectivity index (χ3n) is 7.47. The predicted molar refractivity (Wildman–Crippen MR) is 155 cm³/mol. The highest BCUT2D eigenvalue weighted by atomic mass is 16.5. The number of urea groups is 1. The van der Waals surface area contributed by atoms with Crippen molar-refractivity contribution in [2.45, 2.75) is 26.7 Å². The molecule has 2 aliphatic rings. The van der Waals surface area contributed by atoms with Gasteiger partial charge in [0, 0.05) is 45.0 Å². The summed E-state index contributed by atoms with van der Waals surface area (Å²) in [6, 6.07) is 16.9. The Kier molecular flexibility index (Phi) is 8.33. The normalized spacial score (nSPS) is 17.4. The van der Waals surface area contributed by atoms with E-state index in [4.69, 9.17) is 4.74 Å². The molecule has 0 bridgehead atoms. The maximum atomic E-state index is 14.0. The number of anilines is 3. The van der Waals surface area contributed by atoms with Crippen LogP contribution in [0.2, 0.25) is 0 Å². The number of ether oxygens (including phenoxy) is 1. The molecule has 1 N–H and O–H groups in total. The van der Waals surface area contributed by atoms with Crippen LogP contribution in [0.4, 0.5) is 21.9 Å². The fraction of sp³-hybridized carbons (Fsp3) is 0.400. The zero-order valence-electron chi connectivity index (χ0n) is 23.1. The van der Waals surface area contributed by atoms with E-state index in [1.807, 2.05) is 66.4 Å². The maximum absolute atomic E-state index is 14.0. The van der Waals surface area contributed by atoms with E-state index in [-0.39, 0.29) is 23.5 Å². The zero-order chi connectivity index (χ0) is 28.1. The number of benzene rings is 2. The second-order valence-electron chi connectivity index (χ2n) is 10.2. The first-order valence-corrected chi connectivity index (χ1v) is 13.9. The molecule has 0 spiro atoms. The summed E-state index contributed by atoms with van der Waals surface area (Å²) in [6.07, 6.45) is 3.25. The number of carbonyl (C=O) groups excluding carboxylic acids is 2. The molecule has 2 saturated heterocycles. The molecule has 10 nitrogen and oxygen atoms in total. The summed E-state index contributed by atoms with van der Waals surface area (Å²) in [6.45, 7) is 7.32. The zero-order valence-corrected chi connectivity index (χ0v) is 23.1. The lowest BCUT2D eigenvalue weighted by Crippen LogP contribution is -2.51. The Labute approximate surface area is 234 Å². The molecule has 40 heavy (non-hydrogen) atoms. The molecule has 3 aromatic rings. The Morgan fingerprint density at radius 3 is 2.50 bits per heavy atom. The Balaban J connectivity index is 1.39. The Morgan fingerprint density at radius 2 is 1.77 bits per heavy atom. The number of para-hydroxylation sites is 1. The number of carbonyl (C=O) groups is 2. The van der Waals surface area contributed by atoms with E-state index in [2.05, 4.69) is 15.3 Å². The van der Waals surface area contributed by atoms with Crippen molar-refractivity contribution >= 4 is 29.1 Å². The predicted octanol–water partition coefficient (Wildman–Crippen LogP) is 3.67. The summed E-state index contributed by atoms with van der Waals surface area (Å²) < 4.78 is 6.72.